The number of pyridine rings is 1. The number of benzene rings is 1. The van der Waals surface area contributed by atoms with Crippen molar-refractivity contribution in [3.8, 4) is 0 Å². The molecule has 11 heteroatoms. The number of ether oxygens (including phenoxy) is 1. The molecule has 0 spiro atoms. The summed E-state index contributed by atoms with van der Waals surface area (Å²) < 4.78 is 20.8. The Balaban J connectivity index is 1.31. The number of rotatable bonds is 5. The first-order valence-electron chi connectivity index (χ1n) is 13.2. The van der Waals surface area contributed by atoms with Crippen LogP contribution in [0.1, 0.15) is 44.2 Å². The number of aromatic nitrogens is 1. The van der Waals surface area contributed by atoms with Gasteiger partial charge < -0.3 is 15.8 Å². The molecule has 10 nitrogen and oxygen atoms in total. The Morgan fingerprint density at radius 2 is 2.03 bits per heavy atom. The number of hydrogen-bond acceptors (Lipinski definition) is 8. The Hall–Kier alpha value is -3.83. The number of nitrogens with one attached hydrogen (secondary N) is 2. The van der Waals surface area contributed by atoms with E-state index in [0.717, 1.165) is 42.9 Å². The standard InChI is InChI=1S/C28H35FN8O2/c1-28(2,3)19-7-8-31-24(14-19)35-27(38)34-23-6-5-18(13-22(23)29)21-15-20(16-36-9-4-11-39-12-10-36)37-25(21)26(30)32-17-33-37/h5-8,13-15,17,21,25H,4,9-12,16H2,1-3H3,(H2,30,32,33)(H2,31,34,35,38). The van der Waals surface area contributed by atoms with Crippen molar-refractivity contribution in [2.45, 2.75) is 44.6 Å². The molecule has 0 bridgehead atoms. The number of carbonyl (C=O) groups is 1. The van der Waals surface area contributed by atoms with Crippen LogP contribution in [0, 0.1) is 5.82 Å². The number of aliphatic imine (C=N–C) groups is 1. The van der Waals surface area contributed by atoms with E-state index >= 15 is 4.39 Å². The van der Waals surface area contributed by atoms with Gasteiger partial charge >= 0.3 is 6.03 Å². The molecule has 206 valence electrons. The Morgan fingerprint density at radius 3 is 2.82 bits per heavy atom. The summed E-state index contributed by atoms with van der Waals surface area (Å²) in [6.45, 7) is 10.1. The van der Waals surface area contributed by atoms with E-state index < -0.39 is 11.8 Å². The summed E-state index contributed by atoms with van der Waals surface area (Å²) >= 11 is 0. The summed E-state index contributed by atoms with van der Waals surface area (Å²) in [7, 11) is 0. The molecule has 4 heterocycles. The van der Waals surface area contributed by atoms with E-state index in [9.17, 15) is 4.79 Å². The maximum atomic E-state index is 15.3. The summed E-state index contributed by atoms with van der Waals surface area (Å²) in [5.41, 5.74) is 9.01. The molecule has 1 aromatic carbocycles. The lowest BCUT2D eigenvalue weighted by atomic mass is 9.88. The summed E-state index contributed by atoms with van der Waals surface area (Å²) in [4.78, 5) is 23.4. The van der Waals surface area contributed by atoms with Crippen molar-refractivity contribution in [1.29, 1.82) is 0 Å². The van der Waals surface area contributed by atoms with Crippen LogP contribution in [-0.2, 0) is 10.2 Å². The zero-order valence-electron chi connectivity index (χ0n) is 22.5. The van der Waals surface area contributed by atoms with Gasteiger partial charge in [-0.1, -0.05) is 32.9 Å². The molecule has 1 aromatic heterocycles. The Bertz CT molecular complexity index is 1310. The highest BCUT2D eigenvalue weighted by Gasteiger charge is 2.40. The predicted octanol–water partition coefficient (Wildman–Crippen LogP) is 3.85. The monoisotopic (exact) mass is 534 g/mol. The molecule has 1 saturated heterocycles. The van der Waals surface area contributed by atoms with Gasteiger partial charge in [-0.05, 0) is 47.2 Å². The van der Waals surface area contributed by atoms with Gasteiger partial charge in [-0.3, -0.25) is 15.2 Å². The number of urea groups is 1. The minimum Gasteiger partial charge on any atom is -0.385 e. The maximum absolute atomic E-state index is 15.3. The molecule has 2 amide bonds. The molecule has 2 atom stereocenters. The largest absolute Gasteiger partial charge is 0.385 e. The molecule has 0 radical (unpaired) electrons. The highest BCUT2D eigenvalue weighted by molar-refractivity contribution is 5.99. The van der Waals surface area contributed by atoms with Crippen LogP contribution in [0.5, 0.6) is 0 Å². The van der Waals surface area contributed by atoms with Gasteiger partial charge in [-0.25, -0.2) is 19.2 Å². The second kappa shape index (κ2) is 11.1. The van der Waals surface area contributed by atoms with Gasteiger partial charge in [0.2, 0.25) is 0 Å². The molecule has 0 saturated carbocycles. The van der Waals surface area contributed by atoms with Gasteiger partial charge in [-0.15, -0.1) is 0 Å². The van der Waals surface area contributed by atoms with E-state index in [2.05, 4.69) is 57.5 Å². The number of hydrazone groups is 1. The van der Waals surface area contributed by atoms with Crippen LogP contribution >= 0.6 is 0 Å². The van der Waals surface area contributed by atoms with Crippen molar-refractivity contribution in [2.24, 2.45) is 15.8 Å². The Kier molecular flexibility index (Phi) is 7.62. The molecule has 2 aromatic rings. The molecular formula is C28H35FN8O2. The van der Waals surface area contributed by atoms with Crippen LogP contribution in [0.25, 0.3) is 0 Å². The van der Waals surface area contributed by atoms with Gasteiger partial charge in [0.1, 0.15) is 29.9 Å². The van der Waals surface area contributed by atoms with E-state index in [-0.39, 0.29) is 23.1 Å². The number of fused-ring (bicyclic) bond motifs is 1. The summed E-state index contributed by atoms with van der Waals surface area (Å²) in [6.07, 6.45) is 6.15. The minimum absolute atomic E-state index is 0.0650. The number of anilines is 2. The van der Waals surface area contributed by atoms with Gasteiger partial charge in [0.25, 0.3) is 0 Å². The van der Waals surface area contributed by atoms with Crippen molar-refractivity contribution in [1.82, 2.24) is 14.9 Å². The summed E-state index contributed by atoms with van der Waals surface area (Å²) in [5.74, 6) is 0.0229. The van der Waals surface area contributed by atoms with E-state index in [1.54, 1.807) is 18.3 Å². The van der Waals surface area contributed by atoms with Crippen molar-refractivity contribution in [3.63, 3.8) is 0 Å². The number of nitrogens with zero attached hydrogens (tertiary/aromatic N) is 5. The van der Waals surface area contributed by atoms with Crippen molar-refractivity contribution >= 4 is 29.7 Å². The van der Waals surface area contributed by atoms with E-state index in [1.165, 1.54) is 12.4 Å². The average molecular weight is 535 g/mol. The summed E-state index contributed by atoms with van der Waals surface area (Å²) in [6, 6.07) is 7.59. The predicted molar refractivity (Wildman–Crippen MR) is 150 cm³/mol. The van der Waals surface area contributed by atoms with Crippen molar-refractivity contribution in [3.05, 3.63) is 65.2 Å². The molecular weight excluding hydrogens is 499 g/mol. The normalized spacial score (nSPS) is 21.6. The maximum Gasteiger partial charge on any atom is 0.324 e. The fourth-order valence-electron chi connectivity index (χ4n) is 5.05. The highest BCUT2D eigenvalue weighted by atomic mass is 19.1. The first-order valence-corrected chi connectivity index (χ1v) is 13.2. The van der Waals surface area contributed by atoms with E-state index in [1.807, 2.05) is 17.1 Å². The minimum atomic E-state index is -0.575. The van der Waals surface area contributed by atoms with Gasteiger partial charge in [0, 0.05) is 44.1 Å². The fraction of sp³-hybridized carbons (Fsp3) is 0.429. The van der Waals surface area contributed by atoms with Crippen LogP contribution in [0.2, 0.25) is 0 Å². The van der Waals surface area contributed by atoms with Crippen LogP contribution in [0.4, 0.5) is 20.7 Å². The molecule has 4 N–H and O–H groups in total. The zero-order chi connectivity index (χ0) is 27.6. The SMILES string of the molecule is CC(C)(C)c1ccnc(NC(=O)Nc2ccc(C3C=C(CN4CCCOCC4)N4N=CN=C(N)C34)cc2F)c1. The first-order chi connectivity index (χ1) is 18.7. The lowest BCUT2D eigenvalue weighted by Gasteiger charge is -2.31. The Labute approximate surface area is 227 Å². The molecule has 3 aliphatic heterocycles. The third kappa shape index (κ3) is 6.10. The summed E-state index contributed by atoms with van der Waals surface area (Å²) in [5, 5.41) is 11.6. The second-order valence-corrected chi connectivity index (χ2v) is 11.0. The lowest BCUT2D eigenvalue weighted by Crippen LogP contribution is -2.45. The molecule has 1 fully saturated rings. The number of hydrogen-bond donors (Lipinski definition) is 3. The number of carbonyl (C=O) groups excluding carboxylic acids is 1. The smallest absolute Gasteiger partial charge is 0.324 e. The van der Waals surface area contributed by atoms with Crippen molar-refractivity contribution < 1.29 is 13.9 Å². The van der Waals surface area contributed by atoms with Crippen LogP contribution in [0.15, 0.2) is 58.4 Å². The zero-order valence-corrected chi connectivity index (χ0v) is 22.5. The van der Waals surface area contributed by atoms with E-state index in [4.69, 9.17) is 10.5 Å². The number of amides is 2. The third-order valence-corrected chi connectivity index (χ3v) is 7.15. The molecule has 2 unspecified atom stereocenters. The van der Waals surface area contributed by atoms with Gasteiger partial charge in [-0.2, -0.15) is 5.10 Å². The molecule has 3 aliphatic rings. The number of amidine groups is 1. The topological polar surface area (TPSA) is 120 Å². The quantitative estimate of drug-likeness (QED) is 0.536. The van der Waals surface area contributed by atoms with Crippen molar-refractivity contribution in [2.75, 3.05) is 43.5 Å². The average Bonchev–Trinajstić information content (AvgIpc) is 3.06. The van der Waals surface area contributed by atoms with Crippen LogP contribution in [-0.4, -0.2) is 72.0 Å². The molecule has 0 aliphatic carbocycles. The van der Waals surface area contributed by atoms with E-state index in [0.29, 0.717) is 24.8 Å². The first kappa shape index (κ1) is 26.8. The second-order valence-electron chi connectivity index (χ2n) is 11.0. The van der Waals surface area contributed by atoms with Crippen LogP contribution in [0.3, 0.4) is 0 Å². The fourth-order valence-corrected chi connectivity index (χ4v) is 5.05. The Morgan fingerprint density at radius 1 is 1.18 bits per heavy atom. The molecule has 39 heavy (non-hydrogen) atoms. The van der Waals surface area contributed by atoms with Gasteiger partial charge in [0.15, 0.2) is 0 Å². The molecule has 5 rings (SSSR count). The van der Waals surface area contributed by atoms with Gasteiger partial charge in [0.05, 0.1) is 12.3 Å². The lowest BCUT2D eigenvalue weighted by molar-refractivity contribution is 0.141. The number of nitrogens with two attached hydrogens (primary N) is 1. The van der Waals surface area contributed by atoms with Crippen LogP contribution < -0.4 is 16.4 Å². The highest BCUT2D eigenvalue weighted by Crippen LogP contribution is 2.38. The number of halogens is 1. The third-order valence-electron chi connectivity index (χ3n) is 7.15.